The van der Waals surface area contributed by atoms with Crippen LogP contribution in [0.1, 0.15) is 69.0 Å². The second-order valence-electron chi connectivity index (χ2n) is 8.82. The number of piperidine rings is 1. The number of likely N-dealkylation sites (tertiary alicyclic amines) is 1. The summed E-state index contributed by atoms with van der Waals surface area (Å²) in [6.45, 7) is 9.50. The molecule has 4 rings (SSSR count). The highest BCUT2D eigenvalue weighted by molar-refractivity contribution is 5.77. The highest BCUT2D eigenvalue weighted by Crippen LogP contribution is 2.31. The molecule has 2 aliphatic rings. The minimum absolute atomic E-state index is 0.0482. The van der Waals surface area contributed by atoms with Crippen molar-refractivity contribution in [2.75, 3.05) is 19.7 Å². The normalized spacial score (nSPS) is 24.8. The van der Waals surface area contributed by atoms with E-state index >= 15 is 0 Å². The number of fused-ring (bicyclic) bond motifs is 1. The van der Waals surface area contributed by atoms with E-state index in [-0.39, 0.29) is 5.69 Å². The lowest BCUT2D eigenvalue weighted by Gasteiger charge is -2.41. The molecule has 0 unspecified atom stereocenters. The summed E-state index contributed by atoms with van der Waals surface area (Å²) in [6.07, 6.45) is 8.62. The Balaban J connectivity index is 1.39. The van der Waals surface area contributed by atoms with E-state index in [4.69, 9.17) is 4.74 Å². The van der Waals surface area contributed by atoms with Gasteiger partial charge in [-0.2, -0.15) is 0 Å². The summed E-state index contributed by atoms with van der Waals surface area (Å²) in [5, 5.41) is 0. The Morgan fingerprint density at radius 2 is 1.68 bits per heavy atom. The molecule has 0 spiro atoms. The molecular formula is C23H35N3O2. The lowest BCUT2D eigenvalue weighted by molar-refractivity contribution is 0.00254. The molecule has 0 atom stereocenters. The van der Waals surface area contributed by atoms with Crippen molar-refractivity contribution in [3.8, 4) is 0 Å². The van der Waals surface area contributed by atoms with E-state index in [1.807, 2.05) is 4.57 Å². The van der Waals surface area contributed by atoms with E-state index in [0.29, 0.717) is 18.2 Å². The Hall–Kier alpha value is -1.59. The lowest BCUT2D eigenvalue weighted by Crippen LogP contribution is -2.45. The van der Waals surface area contributed by atoms with E-state index in [9.17, 15) is 4.79 Å². The number of nitrogens with one attached hydrogen (secondary N) is 1. The third kappa shape index (κ3) is 3.92. The second-order valence-corrected chi connectivity index (χ2v) is 8.82. The highest BCUT2D eigenvalue weighted by atomic mass is 16.5. The molecule has 5 heteroatoms. The van der Waals surface area contributed by atoms with Crippen LogP contribution < -0.4 is 5.69 Å². The van der Waals surface area contributed by atoms with Crippen LogP contribution in [0.5, 0.6) is 0 Å². The number of ether oxygens (including phenoxy) is 1. The molecule has 1 saturated carbocycles. The number of hydrogen-bond donors (Lipinski definition) is 1. The van der Waals surface area contributed by atoms with Crippen molar-refractivity contribution < 1.29 is 4.74 Å². The molecule has 1 N–H and O–H groups in total. The van der Waals surface area contributed by atoms with Gasteiger partial charge in [0.25, 0.3) is 0 Å². The van der Waals surface area contributed by atoms with E-state index in [1.54, 1.807) is 0 Å². The van der Waals surface area contributed by atoms with E-state index in [2.05, 4.69) is 42.8 Å². The standard InChI is InChI=1S/C23H35N3O2/c1-4-13-28-20-7-5-18(6-8-20)25-11-9-19(10-12-25)26-22-15-17(3)16(2)14-21(22)24-23(26)27/h14-15,18-20H,4-13H2,1-3H3,(H,24,27)/t18-,20-. The van der Waals surface area contributed by atoms with Gasteiger partial charge in [-0.3, -0.25) is 4.57 Å². The second kappa shape index (κ2) is 8.42. The van der Waals surface area contributed by atoms with Crippen molar-refractivity contribution in [1.29, 1.82) is 0 Å². The topological polar surface area (TPSA) is 50.3 Å². The van der Waals surface area contributed by atoms with Gasteiger partial charge in [0.05, 0.1) is 17.1 Å². The van der Waals surface area contributed by atoms with Gasteiger partial charge in [0.2, 0.25) is 0 Å². The Morgan fingerprint density at radius 3 is 2.36 bits per heavy atom. The summed E-state index contributed by atoms with van der Waals surface area (Å²) in [6, 6.07) is 5.29. The van der Waals surface area contributed by atoms with Gasteiger partial charge in [-0.1, -0.05) is 6.92 Å². The van der Waals surface area contributed by atoms with Crippen molar-refractivity contribution in [2.24, 2.45) is 0 Å². The van der Waals surface area contributed by atoms with Crippen LogP contribution in [0.25, 0.3) is 11.0 Å². The van der Waals surface area contributed by atoms with Crippen molar-refractivity contribution in [1.82, 2.24) is 14.5 Å². The number of imidazole rings is 1. The average molecular weight is 386 g/mol. The first kappa shape index (κ1) is 19.7. The van der Waals surface area contributed by atoms with Crippen LogP contribution in [0.3, 0.4) is 0 Å². The zero-order valence-electron chi connectivity index (χ0n) is 17.7. The largest absolute Gasteiger partial charge is 0.378 e. The quantitative estimate of drug-likeness (QED) is 0.834. The minimum atomic E-state index is 0.0482. The molecule has 28 heavy (non-hydrogen) atoms. The Morgan fingerprint density at radius 1 is 1.00 bits per heavy atom. The summed E-state index contributed by atoms with van der Waals surface area (Å²) in [5.74, 6) is 0. The third-order valence-electron chi connectivity index (χ3n) is 6.91. The van der Waals surface area contributed by atoms with Gasteiger partial charge >= 0.3 is 5.69 Å². The molecule has 1 saturated heterocycles. The molecule has 1 aliphatic heterocycles. The number of rotatable bonds is 5. The molecule has 0 radical (unpaired) electrons. The van der Waals surface area contributed by atoms with Crippen molar-refractivity contribution in [2.45, 2.75) is 83.9 Å². The monoisotopic (exact) mass is 385 g/mol. The van der Waals surface area contributed by atoms with Crippen LogP contribution in [0.15, 0.2) is 16.9 Å². The van der Waals surface area contributed by atoms with Gasteiger partial charge in [-0.05, 0) is 82.1 Å². The van der Waals surface area contributed by atoms with Crippen molar-refractivity contribution >= 4 is 11.0 Å². The number of aryl methyl sites for hydroxylation is 2. The first-order chi connectivity index (χ1) is 13.6. The fourth-order valence-corrected chi connectivity index (χ4v) is 5.12. The molecule has 1 aromatic carbocycles. The van der Waals surface area contributed by atoms with E-state index in [0.717, 1.165) is 50.0 Å². The zero-order valence-corrected chi connectivity index (χ0v) is 17.7. The van der Waals surface area contributed by atoms with Crippen LogP contribution in [0, 0.1) is 13.8 Å². The highest BCUT2D eigenvalue weighted by Gasteiger charge is 2.30. The summed E-state index contributed by atoms with van der Waals surface area (Å²) in [4.78, 5) is 18.4. The molecule has 2 fully saturated rings. The minimum Gasteiger partial charge on any atom is -0.378 e. The molecule has 2 heterocycles. The first-order valence-electron chi connectivity index (χ1n) is 11.1. The summed E-state index contributed by atoms with van der Waals surface area (Å²) >= 11 is 0. The Labute approximate surface area is 168 Å². The molecule has 0 amide bonds. The average Bonchev–Trinajstić information content (AvgIpc) is 3.02. The van der Waals surface area contributed by atoms with Crippen LogP contribution in [-0.2, 0) is 4.74 Å². The van der Waals surface area contributed by atoms with Crippen molar-refractivity contribution in [3.05, 3.63) is 33.7 Å². The number of hydrogen-bond acceptors (Lipinski definition) is 3. The van der Waals surface area contributed by atoms with Crippen LogP contribution in [-0.4, -0.2) is 46.3 Å². The van der Waals surface area contributed by atoms with Gasteiger partial charge in [-0.25, -0.2) is 4.79 Å². The fourth-order valence-electron chi connectivity index (χ4n) is 5.12. The van der Waals surface area contributed by atoms with Crippen molar-refractivity contribution in [3.63, 3.8) is 0 Å². The molecule has 0 bridgehead atoms. The van der Waals surface area contributed by atoms with Gasteiger partial charge in [-0.15, -0.1) is 0 Å². The van der Waals surface area contributed by atoms with Gasteiger partial charge in [0.15, 0.2) is 0 Å². The summed E-state index contributed by atoms with van der Waals surface area (Å²) < 4.78 is 7.97. The summed E-state index contributed by atoms with van der Waals surface area (Å²) in [5.41, 5.74) is 4.57. The third-order valence-corrected chi connectivity index (χ3v) is 6.91. The lowest BCUT2D eigenvalue weighted by atomic mass is 9.90. The number of H-pyrrole nitrogens is 1. The molecule has 2 aromatic rings. The predicted molar refractivity (Wildman–Crippen MR) is 114 cm³/mol. The van der Waals surface area contributed by atoms with Gasteiger partial charge < -0.3 is 14.6 Å². The maximum atomic E-state index is 12.6. The van der Waals surface area contributed by atoms with E-state index in [1.165, 1.54) is 36.8 Å². The number of aromatic nitrogens is 2. The van der Waals surface area contributed by atoms with Gasteiger partial charge in [0.1, 0.15) is 0 Å². The summed E-state index contributed by atoms with van der Waals surface area (Å²) in [7, 11) is 0. The Kier molecular flexibility index (Phi) is 5.93. The van der Waals surface area contributed by atoms with Crippen LogP contribution in [0.4, 0.5) is 0 Å². The smallest absolute Gasteiger partial charge is 0.326 e. The molecule has 5 nitrogen and oxygen atoms in total. The SMILES string of the molecule is CCCO[C@H]1CC[C@H](N2CCC(n3c(=O)[nH]c4cc(C)c(C)cc43)CC2)CC1. The van der Waals surface area contributed by atoms with Crippen LogP contribution >= 0.6 is 0 Å². The van der Waals surface area contributed by atoms with Crippen LogP contribution in [0.2, 0.25) is 0 Å². The molecular weight excluding hydrogens is 350 g/mol. The molecule has 1 aliphatic carbocycles. The number of benzene rings is 1. The van der Waals surface area contributed by atoms with E-state index < -0.39 is 0 Å². The Bertz CT molecular complexity index is 853. The zero-order chi connectivity index (χ0) is 19.7. The maximum absolute atomic E-state index is 12.6. The molecule has 154 valence electrons. The first-order valence-corrected chi connectivity index (χ1v) is 11.1. The maximum Gasteiger partial charge on any atom is 0.326 e. The van der Waals surface area contributed by atoms with Gasteiger partial charge in [0, 0.05) is 31.8 Å². The number of aromatic amines is 1. The molecule has 1 aromatic heterocycles. The fraction of sp³-hybridized carbons (Fsp3) is 0.696. The number of nitrogens with zero attached hydrogens (tertiary/aromatic N) is 2. The predicted octanol–water partition coefficient (Wildman–Crippen LogP) is 4.32.